The summed E-state index contributed by atoms with van der Waals surface area (Å²) < 4.78 is 0. The molecule has 0 saturated heterocycles. The molecule has 0 heterocycles. The number of non-ortho nitro benzene ring substituents is 1. The van der Waals surface area contributed by atoms with Crippen molar-refractivity contribution in [2.45, 2.75) is 0 Å². The maximum absolute atomic E-state index is 11.1. The lowest BCUT2D eigenvalue weighted by Crippen LogP contribution is -2.01. The molecule has 0 bridgehead atoms. The monoisotopic (exact) mass is 284 g/mol. The molecule has 2 aromatic carbocycles. The van der Waals surface area contributed by atoms with Crippen LogP contribution in [0.15, 0.2) is 42.5 Å². The van der Waals surface area contributed by atoms with Gasteiger partial charge in [-0.05, 0) is 12.1 Å². The summed E-state index contributed by atoms with van der Waals surface area (Å²) in [5.41, 5.74) is -0.730. The summed E-state index contributed by atoms with van der Waals surface area (Å²) in [6.07, 6.45) is 0. The number of rotatable bonds is 4. The SMILES string of the molecule is N#Cc1cc([N+](=O)[O-])cc([N+](=O)[O-])c1Nc1ccccc1. The molecule has 1 N–H and O–H groups in total. The summed E-state index contributed by atoms with van der Waals surface area (Å²) in [5.74, 6) is 0. The highest BCUT2D eigenvalue weighted by Gasteiger charge is 2.24. The largest absolute Gasteiger partial charge is 0.349 e. The lowest BCUT2D eigenvalue weighted by molar-refractivity contribution is -0.393. The minimum atomic E-state index is -0.778. The molecular formula is C13H8N4O4. The Kier molecular flexibility index (Phi) is 3.76. The average molecular weight is 284 g/mol. The molecule has 0 unspecified atom stereocenters. The minimum absolute atomic E-state index is 0.0701. The molecular weight excluding hydrogens is 276 g/mol. The molecule has 0 radical (unpaired) electrons. The van der Waals surface area contributed by atoms with Crippen LogP contribution in [0.4, 0.5) is 22.7 Å². The van der Waals surface area contributed by atoms with Crippen molar-refractivity contribution in [2.24, 2.45) is 0 Å². The second-order valence-corrected chi connectivity index (χ2v) is 4.00. The van der Waals surface area contributed by atoms with Crippen molar-refractivity contribution in [3.8, 4) is 6.07 Å². The van der Waals surface area contributed by atoms with Crippen LogP contribution in [0.2, 0.25) is 0 Å². The summed E-state index contributed by atoms with van der Waals surface area (Å²) in [6, 6.07) is 12.1. The van der Waals surface area contributed by atoms with E-state index in [0.29, 0.717) is 5.69 Å². The highest BCUT2D eigenvalue weighted by atomic mass is 16.6. The summed E-state index contributed by atoms with van der Waals surface area (Å²) in [6.45, 7) is 0. The van der Waals surface area contributed by atoms with Crippen molar-refractivity contribution in [1.82, 2.24) is 0 Å². The predicted octanol–water partition coefficient (Wildman–Crippen LogP) is 3.12. The number of nitro benzene ring substituents is 2. The Morgan fingerprint density at radius 3 is 2.24 bits per heavy atom. The average Bonchev–Trinajstić information content (AvgIpc) is 2.47. The van der Waals surface area contributed by atoms with Crippen LogP contribution < -0.4 is 5.32 Å². The topological polar surface area (TPSA) is 122 Å². The molecule has 8 heteroatoms. The van der Waals surface area contributed by atoms with Crippen molar-refractivity contribution >= 4 is 22.7 Å². The fourth-order valence-electron chi connectivity index (χ4n) is 1.75. The van der Waals surface area contributed by atoms with Gasteiger partial charge in [0.1, 0.15) is 11.8 Å². The summed E-state index contributed by atoms with van der Waals surface area (Å²) in [4.78, 5) is 20.3. The highest BCUT2D eigenvalue weighted by Crippen LogP contribution is 2.34. The number of nitriles is 1. The molecule has 0 amide bonds. The van der Waals surface area contributed by atoms with Crippen LogP contribution in [0.3, 0.4) is 0 Å². The van der Waals surface area contributed by atoms with Gasteiger partial charge < -0.3 is 5.32 Å². The Bertz CT molecular complexity index is 753. The van der Waals surface area contributed by atoms with Crippen LogP contribution in [0.5, 0.6) is 0 Å². The highest BCUT2D eigenvalue weighted by molar-refractivity contribution is 5.78. The Morgan fingerprint density at radius 1 is 1.05 bits per heavy atom. The first-order chi connectivity index (χ1) is 10.0. The normalized spacial score (nSPS) is 9.67. The molecule has 8 nitrogen and oxygen atoms in total. The fraction of sp³-hybridized carbons (Fsp3) is 0. The second kappa shape index (κ2) is 5.66. The van der Waals surface area contributed by atoms with E-state index in [1.54, 1.807) is 36.4 Å². The number of nitrogens with one attached hydrogen (secondary N) is 1. The number of anilines is 2. The van der Waals surface area contributed by atoms with E-state index in [4.69, 9.17) is 5.26 Å². The molecule has 0 aliphatic heterocycles. The van der Waals surface area contributed by atoms with E-state index < -0.39 is 21.2 Å². The van der Waals surface area contributed by atoms with Crippen LogP contribution in [0.1, 0.15) is 5.56 Å². The first kappa shape index (κ1) is 14.0. The fourth-order valence-corrected chi connectivity index (χ4v) is 1.75. The molecule has 0 spiro atoms. The zero-order valence-corrected chi connectivity index (χ0v) is 10.5. The Balaban J connectivity index is 2.60. The standard InChI is InChI=1S/C13H8N4O4/c14-8-9-6-11(16(18)19)7-12(17(20)21)13(9)15-10-4-2-1-3-5-10/h1-7,15H. The third-order valence-corrected chi connectivity index (χ3v) is 2.67. The van der Waals surface area contributed by atoms with Gasteiger partial charge in [0.2, 0.25) is 0 Å². The molecule has 2 rings (SSSR count). The van der Waals surface area contributed by atoms with Gasteiger partial charge in [0.15, 0.2) is 0 Å². The van der Waals surface area contributed by atoms with Crippen LogP contribution in [0, 0.1) is 31.6 Å². The van der Waals surface area contributed by atoms with Gasteiger partial charge in [-0.1, -0.05) is 18.2 Å². The van der Waals surface area contributed by atoms with E-state index in [-0.39, 0.29) is 11.3 Å². The van der Waals surface area contributed by atoms with Gasteiger partial charge in [-0.3, -0.25) is 20.2 Å². The second-order valence-electron chi connectivity index (χ2n) is 4.00. The van der Waals surface area contributed by atoms with Crippen LogP contribution >= 0.6 is 0 Å². The van der Waals surface area contributed by atoms with Crippen LogP contribution in [0.25, 0.3) is 0 Å². The van der Waals surface area contributed by atoms with Gasteiger partial charge in [-0.2, -0.15) is 5.26 Å². The van der Waals surface area contributed by atoms with Gasteiger partial charge in [-0.15, -0.1) is 0 Å². The Hall–Kier alpha value is -3.47. The number of nitrogens with zero attached hydrogens (tertiary/aromatic N) is 3. The third-order valence-electron chi connectivity index (χ3n) is 2.67. The van der Waals surface area contributed by atoms with Gasteiger partial charge in [0, 0.05) is 11.8 Å². The minimum Gasteiger partial charge on any atom is -0.349 e. The van der Waals surface area contributed by atoms with Gasteiger partial charge in [0.05, 0.1) is 21.5 Å². The first-order valence-corrected chi connectivity index (χ1v) is 5.72. The van der Waals surface area contributed by atoms with Crippen LogP contribution in [-0.2, 0) is 0 Å². The summed E-state index contributed by atoms with van der Waals surface area (Å²) in [7, 11) is 0. The number of para-hydroxylation sites is 1. The molecule has 0 aliphatic carbocycles. The van der Waals surface area contributed by atoms with E-state index in [9.17, 15) is 20.2 Å². The van der Waals surface area contributed by atoms with Gasteiger partial charge in [-0.25, -0.2) is 0 Å². The molecule has 2 aromatic rings. The molecule has 0 aromatic heterocycles. The molecule has 21 heavy (non-hydrogen) atoms. The molecule has 0 atom stereocenters. The van der Waals surface area contributed by atoms with Crippen molar-refractivity contribution in [3.63, 3.8) is 0 Å². The van der Waals surface area contributed by atoms with Crippen LogP contribution in [-0.4, -0.2) is 9.85 Å². The maximum Gasteiger partial charge on any atom is 0.300 e. The van der Waals surface area contributed by atoms with E-state index >= 15 is 0 Å². The molecule has 0 saturated carbocycles. The molecule has 104 valence electrons. The Morgan fingerprint density at radius 2 is 1.71 bits per heavy atom. The lowest BCUT2D eigenvalue weighted by Gasteiger charge is -2.08. The number of benzene rings is 2. The summed E-state index contributed by atoms with van der Waals surface area (Å²) >= 11 is 0. The zero-order valence-electron chi connectivity index (χ0n) is 10.5. The van der Waals surface area contributed by atoms with E-state index in [0.717, 1.165) is 12.1 Å². The number of hydrogen-bond acceptors (Lipinski definition) is 6. The Labute approximate surface area is 118 Å². The first-order valence-electron chi connectivity index (χ1n) is 5.72. The van der Waals surface area contributed by atoms with E-state index in [2.05, 4.69) is 5.32 Å². The van der Waals surface area contributed by atoms with Gasteiger partial charge >= 0.3 is 5.69 Å². The van der Waals surface area contributed by atoms with E-state index in [1.807, 2.05) is 0 Å². The van der Waals surface area contributed by atoms with Crippen molar-refractivity contribution in [1.29, 1.82) is 5.26 Å². The van der Waals surface area contributed by atoms with Crippen molar-refractivity contribution in [3.05, 3.63) is 68.3 Å². The smallest absolute Gasteiger partial charge is 0.300 e. The number of hydrogen-bond donors (Lipinski definition) is 1. The van der Waals surface area contributed by atoms with Crippen molar-refractivity contribution in [2.75, 3.05) is 5.32 Å². The number of nitro groups is 2. The zero-order chi connectivity index (χ0) is 15.4. The predicted molar refractivity (Wildman–Crippen MR) is 74.2 cm³/mol. The van der Waals surface area contributed by atoms with Gasteiger partial charge in [0.25, 0.3) is 5.69 Å². The van der Waals surface area contributed by atoms with E-state index in [1.165, 1.54) is 0 Å². The van der Waals surface area contributed by atoms with Crippen molar-refractivity contribution < 1.29 is 9.85 Å². The lowest BCUT2D eigenvalue weighted by atomic mass is 10.1. The maximum atomic E-state index is 11.1. The summed E-state index contributed by atoms with van der Waals surface area (Å²) in [5, 5.41) is 33.7. The molecule has 0 fully saturated rings. The third kappa shape index (κ3) is 2.93. The quantitative estimate of drug-likeness (QED) is 0.679. The molecule has 0 aliphatic rings.